The van der Waals surface area contributed by atoms with E-state index in [1.807, 2.05) is 11.0 Å². The number of carbonyl (C=O) groups excluding carboxylic acids is 1. The Kier molecular flexibility index (Phi) is 4.41. The number of halogens is 1. The second kappa shape index (κ2) is 6.64. The molecule has 1 aromatic carbocycles. The fourth-order valence-corrected chi connectivity index (χ4v) is 2.67. The lowest BCUT2D eigenvalue weighted by Crippen LogP contribution is -2.49. The van der Waals surface area contributed by atoms with Crippen molar-refractivity contribution in [1.29, 1.82) is 0 Å². The van der Waals surface area contributed by atoms with Gasteiger partial charge in [0.05, 0.1) is 12.8 Å². The maximum Gasteiger partial charge on any atom is 0.272 e. The molecular weight excluding hydrogens is 297 g/mol. The molecule has 1 fully saturated rings. The molecule has 0 atom stereocenters. The van der Waals surface area contributed by atoms with Gasteiger partial charge in [-0.15, -0.1) is 0 Å². The zero-order valence-electron chi connectivity index (χ0n) is 12.9. The number of hydrogen-bond donors (Lipinski definition) is 0. The van der Waals surface area contributed by atoms with Gasteiger partial charge in [-0.25, -0.2) is 9.37 Å². The van der Waals surface area contributed by atoms with E-state index in [2.05, 4.69) is 4.98 Å². The van der Waals surface area contributed by atoms with Crippen LogP contribution in [0.15, 0.2) is 42.5 Å². The Morgan fingerprint density at radius 2 is 1.83 bits per heavy atom. The van der Waals surface area contributed by atoms with Gasteiger partial charge in [0.1, 0.15) is 11.5 Å². The van der Waals surface area contributed by atoms with Crippen LogP contribution in [0.4, 0.5) is 10.1 Å². The number of aromatic nitrogens is 1. The number of nitrogens with zero attached hydrogens (tertiary/aromatic N) is 3. The predicted molar refractivity (Wildman–Crippen MR) is 85.3 cm³/mol. The fraction of sp³-hybridized carbons (Fsp3) is 0.294. The van der Waals surface area contributed by atoms with E-state index in [0.717, 1.165) is 0 Å². The Balaban J connectivity index is 1.66. The number of piperazine rings is 1. The van der Waals surface area contributed by atoms with E-state index in [9.17, 15) is 9.18 Å². The molecule has 2 aromatic rings. The molecule has 5 nitrogen and oxygen atoms in total. The van der Waals surface area contributed by atoms with Crippen molar-refractivity contribution >= 4 is 11.6 Å². The molecule has 1 aliphatic heterocycles. The maximum atomic E-state index is 13.8. The van der Waals surface area contributed by atoms with Crippen molar-refractivity contribution in [2.24, 2.45) is 0 Å². The first-order valence-corrected chi connectivity index (χ1v) is 7.49. The van der Waals surface area contributed by atoms with Gasteiger partial charge in [0.25, 0.3) is 5.91 Å². The van der Waals surface area contributed by atoms with Crippen LogP contribution in [0.2, 0.25) is 0 Å². The first kappa shape index (κ1) is 15.3. The highest BCUT2D eigenvalue weighted by Crippen LogP contribution is 2.20. The highest BCUT2D eigenvalue weighted by Gasteiger charge is 2.24. The van der Waals surface area contributed by atoms with E-state index in [1.165, 1.54) is 13.2 Å². The normalized spacial score (nSPS) is 14.7. The highest BCUT2D eigenvalue weighted by molar-refractivity contribution is 5.92. The van der Waals surface area contributed by atoms with Gasteiger partial charge in [0, 0.05) is 32.2 Å². The minimum atomic E-state index is -0.235. The van der Waals surface area contributed by atoms with Gasteiger partial charge in [-0.1, -0.05) is 18.2 Å². The average molecular weight is 315 g/mol. The smallest absolute Gasteiger partial charge is 0.272 e. The molecule has 0 N–H and O–H groups in total. The van der Waals surface area contributed by atoms with E-state index in [-0.39, 0.29) is 11.7 Å². The van der Waals surface area contributed by atoms with Crippen LogP contribution in [-0.4, -0.2) is 49.1 Å². The Morgan fingerprint density at radius 3 is 2.52 bits per heavy atom. The molecule has 2 heterocycles. The van der Waals surface area contributed by atoms with Crippen LogP contribution >= 0.6 is 0 Å². The Hall–Kier alpha value is -2.63. The van der Waals surface area contributed by atoms with Crippen LogP contribution < -0.4 is 9.64 Å². The van der Waals surface area contributed by atoms with E-state index < -0.39 is 0 Å². The van der Waals surface area contributed by atoms with Gasteiger partial charge in [0.15, 0.2) is 0 Å². The summed E-state index contributed by atoms with van der Waals surface area (Å²) < 4.78 is 18.9. The molecule has 0 spiro atoms. The van der Waals surface area contributed by atoms with Crippen molar-refractivity contribution in [2.75, 3.05) is 38.2 Å². The summed E-state index contributed by atoms with van der Waals surface area (Å²) in [5, 5.41) is 0. The van der Waals surface area contributed by atoms with Gasteiger partial charge in [0.2, 0.25) is 5.88 Å². The molecule has 1 saturated heterocycles. The molecule has 0 bridgehead atoms. The molecule has 0 saturated carbocycles. The van der Waals surface area contributed by atoms with Crippen molar-refractivity contribution in [3.8, 4) is 5.88 Å². The summed E-state index contributed by atoms with van der Waals surface area (Å²) in [7, 11) is 1.52. The lowest BCUT2D eigenvalue weighted by atomic mass is 10.2. The zero-order chi connectivity index (χ0) is 16.2. The monoisotopic (exact) mass is 315 g/mol. The number of benzene rings is 1. The molecule has 0 aliphatic carbocycles. The lowest BCUT2D eigenvalue weighted by Gasteiger charge is -2.36. The molecule has 1 aliphatic rings. The fourth-order valence-electron chi connectivity index (χ4n) is 2.67. The Morgan fingerprint density at radius 1 is 1.09 bits per heavy atom. The number of methoxy groups -OCH3 is 1. The van der Waals surface area contributed by atoms with E-state index in [1.54, 1.807) is 35.2 Å². The van der Waals surface area contributed by atoms with E-state index >= 15 is 0 Å². The van der Waals surface area contributed by atoms with Crippen LogP contribution in [0.5, 0.6) is 5.88 Å². The summed E-state index contributed by atoms with van der Waals surface area (Å²) in [4.78, 5) is 20.4. The van der Waals surface area contributed by atoms with Crippen LogP contribution in [-0.2, 0) is 0 Å². The number of amides is 1. The molecular formula is C17H18FN3O2. The van der Waals surface area contributed by atoms with E-state index in [0.29, 0.717) is 43.4 Å². The third-order valence-corrected chi connectivity index (χ3v) is 3.91. The number of para-hydroxylation sites is 1. The number of carbonyl (C=O) groups is 1. The number of hydrogen-bond acceptors (Lipinski definition) is 4. The molecule has 6 heteroatoms. The molecule has 0 unspecified atom stereocenters. The summed E-state index contributed by atoms with van der Waals surface area (Å²) in [5.41, 5.74) is 0.947. The minimum absolute atomic E-state index is 0.128. The van der Waals surface area contributed by atoms with Gasteiger partial charge in [-0.3, -0.25) is 4.79 Å². The van der Waals surface area contributed by atoms with Gasteiger partial charge < -0.3 is 14.5 Å². The zero-order valence-corrected chi connectivity index (χ0v) is 12.9. The van der Waals surface area contributed by atoms with Crippen molar-refractivity contribution in [3.63, 3.8) is 0 Å². The van der Waals surface area contributed by atoms with Crippen LogP contribution in [0.25, 0.3) is 0 Å². The van der Waals surface area contributed by atoms with Crippen molar-refractivity contribution in [3.05, 3.63) is 54.0 Å². The molecule has 23 heavy (non-hydrogen) atoms. The first-order chi connectivity index (χ1) is 11.2. The van der Waals surface area contributed by atoms with Crippen molar-refractivity contribution in [2.45, 2.75) is 0 Å². The summed E-state index contributed by atoms with van der Waals surface area (Å²) in [6.07, 6.45) is 0. The SMILES string of the molecule is COc1cccc(C(=O)N2CCN(c3ccccc3F)CC2)n1. The summed E-state index contributed by atoms with van der Waals surface area (Å²) in [6, 6.07) is 11.8. The maximum absolute atomic E-state index is 13.8. The molecule has 1 amide bonds. The number of ether oxygens (including phenoxy) is 1. The van der Waals surface area contributed by atoms with Crippen LogP contribution in [0.1, 0.15) is 10.5 Å². The quantitative estimate of drug-likeness (QED) is 0.871. The van der Waals surface area contributed by atoms with E-state index in [4.69, 9.17) is 4.74 Å². The summed E-state index contributed by atoms with van der Waals surface area (Å²) >= 11 is 0. The minimum Gasteiger partial charge on any atom is -0.481 e. The van der Waals surface area contributed by atoms with Crippen molar-refractivity contribution in [1.82, 2.24) is 9.88 Å². The number of rotatable bonds is 3. The average Bonchev–Trinajstić information content (AvgIpc) is 2.62. The summed E-state index contributed by atoms with van der Waals surface area (Å²) in [5.74, 6) is 0.0552. The van der Waals surface area contributed by atoms with Gasteiger partial charge in [-0.2, -0.15) is 0 Å². The Labute approximate surface area is 134 Å². The molecule has 0 radical (unpaired) electrons. The summed E-state index contributed by atoms with van der Waals surface area (Å²) in [6.45, 7) is 2.26. The largest absolute Gasteiger partial charge is 0.481 e. The molecule has 120 valence electrons. The first-order valence-electron chi connectivity index (χ1n) is 7.49. The Bertz CT molecular complexity index is 700. The molecule has 1 aromatic heterocycles. The van der Waals surface area contributed by atoms with Crippen LogP contribution in [0.3, 0.4) is 0 Å². The van der Waals surface area contributed by atoms with Crippen molar-refractivity contribution < 1.29 is 13.9 Å². The second-order valence-electron chi connectivity index (χ2n) is 5.30. The topological polar surface area (TPSA) is 45.7 Å². The predicted octanol–water partition coefficient (Wildman–Crippen LogP) is 2.19. The van der Waals surface area contributed by atoms with Gasteiger partial charge in [-0.05, 0) is 18.2 Å². The lowest BCUT2D eigenvalue weighted by molar-refractivity contribution is 0.0740. The third kappa shape index (κ3) is 3.26. The standard InChI is InChI=1S/C17H18FN3O2/c1-23-16-8-4-6-14(19-16)17(22)21-11-9-20(10-12-21)15-7-3-2-5-13(15)18/h2-8H,9-12H2,1H3. The molecule has 3 rings (SSSR count). The third-order valence-electron chi connectivity index (χ3n) is 3.91. The van der Waals surface area contributed by atoms with Gasteiger partial charge >= 0.3 is 0 Å². The number of pyridine rings is 1. The van der Waals surface area contributed by atoms with Crippen LogP contribution in [0, 0.1) is 5.82 Å². The highest BCUT2D eigenvalue weighted by atomic mass is 19.1. The second-order valence-corrected chi connectivity index (χ2v) is 5.30. The number of anilines is 1.